The van der Waals surface area contributed by atoms with Gasteiger partial charge in [0.25, 0.3) is 0 Å². The van der Waals surface area contributed by atoms with Crippen molar-refractivity contribution in [1.29, 1.82) is 0 Å². The predicted octanol–water partition coefficient (Wildman–Crippen LogP) is 2.24. The lowest BCUT2D eigenvalue weighted by molar-refractivity contribution is 0.318. The standard InChI is InChI=1S/C9H9BrFNO/c1-12-8-4-13-9-3-6(10)7(11)2-5(8)9/h2-3,8,12H,4H2,1H3. The molecule has 0 saturated carbocycles. The molecule has 2 nitrogen and oxygen atoms in total. The van der Waals surface area contributed by atoms with Gasteiger partial charge in [0.1, 0.15) is 18.2 Å². The van der Waals surface area contributed by atoms with Crippen LogP contribution in [-0.4, -0.2) is 13.7 Å². The average Bonchev–Trinajstić information content (AvgIpc) is 2.48. The Hall–Kier alpha value is -0.610. The molecule has 1 heterocycles. The van der Waals surface area contributed by atoms with Crippen LogP contribution in [0.25, 0.3) is 0 Å². The van der Waals surface area contributed by atoms with Crippen molar-refractivity contribution in [2.45, 2.75) is 6.04 Å². The van der Waals surface area contributed by atoms with Gasteiger partial charge in [0.15, 0.2) is 0 Å². The van der Waals surface area contributed by atoms with Crippen LogP contribution in [0.4, 0.5) is 4.39 Å². The van der Waals surface area contributed by atoms with Crippen molar-refractivity contribution in [1.82, 2.24) is 5.32 Å². The number of halogens is 2. The monoisotopic (exact) mass is 245 g/mol. The summed E-state index contributed by atoms with van der Waals surface area (Å²) >= 11 is 3.12. The van der Waals surface area contributed by atoms with Crippen molar-refractivity contribution in [3.63, 3.8) is 0 Å². The van der Waals surface area contributed by atoms with E-state index in [1.807, 2.05) is 7.05 Å². The summed E-state index contributed by atoms with van der Waals surface area (Å²) in [5.74, 6) is 0.511. The maximum atomic E-state index is 13.2. The average molecular weight is 246 g/mol. The Kier molecular flexibility index (Phi) is 2.26. The second-order valence-corrected chi connectivity index (χ2v) is 3.81. The first kappa shape index (κ1) is 8.97. The zero-order valence-corrected chi connectivity index (χ0v) is 8.69. The highest BCUT2D eigenvalue weighted by Gasteiger charge is 2.24. The van der Waals surface area contributed by atoms with Crippen LogP contribution in [-0.2, 0) is 0 Å². The van der Waals surface area contributed by atoms with Crippen molar-refractivity contribution in [3.05, 3.63) is 28.0 Å². The zero-order chi connectivity index (χ0) is 9.42. The fraction of sp³-hybridized carbons (Fsp3) is 0.333. The van der Waals surface area contributed by atoms with Crippen LogP contribution < -0.4 is 10.1 Å². The summed E-state index contributed by atoms with van der Waals surface area (Å²) in [4.78, 5) is 0. The van der Waals surface area contributed by atoms with E-state index >= 15 is 0 Å². The lowest BCUT2D eigenvalue weighted by Crippen LogP contribution is -2.17. The normalized spacial score (nSPS) is 19.8. The lowest BCUT2D eigenvalue weighted by atomic mass is 10.1. The number of hydrogen-bond donors (Lipinski definition) is 1. The van der Waals surface area contributed by atoms with Crippen LogP contribution in [0.15, 0.2) is 16.6 Å². The highest BCUT2D eigenvalue weighted by atomic mass is 79.9. The van der Waals surface area contributed by atoms with Crippen LogP contribution in [0.5, 0.6) is 5.75 Å². The summed E-state index contributed by atoms with van der Waals surface area (Å²) in [7, 11) is 1.84. The first-order valence-corrected chi connectivity index (χ1v) is 4.80. The molecule has 0 aromatic heterocycles. The second-order valence-electron chi connectivity index (χ2n) is 2.96. The van der Waals surface area contributed by atoms with Crippen LogP contribution in [0.2, 0.25) is 0 Å². The van der Waals surface area contributed by atoms with Crippen LogP contribution >= 0.6 is 15.9 Å². The second kappa shape index (κ2) is 3.27. The first-order chi connectivity index (χ1) is 6.22. The van der Waals surface area contributed by atoms with Gasteiger partial charge in [0.2, 0.25) is 0 Å². The summed E-state index contributed by atoms with van der Waals surface area (Å²) in [6, 6.07) is 3.29. The van der Waals surface area contributed by atoms with E-state index < -0.39 is 0 Å². The molecule has 1 aliphatic rings. The van der Waals surface area contributed by atoms with Gasteiger partial charge < -0.3 is 10.1 Å². The Bertz CT molecular complexity index is 343. The minimum Gasteiger partial charge on any atom is -0.491 e. The number of benzene rings is 1. The van der Waals surface area contributed by atoms with Gasteiger partial charge in [-0.15, -0.1) is 0 Å². The predicted molar refractivity (Wildman–Crippen MR) is 51.4 cm³/mol. The van der Waals surface area contributed by atoms with Crippen LogP contribution in [0.1, 0.15) is 11.6 Å². The molecule has 13 heavy (non-hydrogen) atoms. The molecule has 0 amide bonds. The van der Waals surface area contributed by atoms with Gasteiger partial charge in [-0.2, -0.15) is 0 Å². The van der Waals surface area contributed by atoms with E-state index in [4.69, 9.17) is 4.74 Å². The van der Waals surface area contributed by atoms with E-state index in [-0.39, 0.29) is 11.9 Å². The van der Waals surface area contributed by atoms with Crippen molar-refractivity contribution < 1.29 is 9.13 Å². The largest absolute Gasteiger partial charge is 0.491 e. The molecule has 0 fully saturated rings. The van der Waals surface area contributed by atoms with Gasteiger partial charge in [0.05, 0.1) is 10.5 Å². The van der Waals surface area contributed by atoms with Crippen molar-refractivity contribution in [2.24, 2.45) is 0 Å². The smallest absolute Gasteiger partial charge is 0.137 e. The molecule has 4 heteroatoms. The number of nitrogens with one attached hydrogen (secondary N) is 1. The fourth-order valence-corrected chi connectivity index (χ4v) is 1.77. The van der Waals surface area contributed by atoms with Gasteiger partial charge in [-0.1, -0.05) is 0 Å². The van der Waals surface area contributed by atoms with Gasteiger partial charge in [0, 0.05) is 5.56 Å². The van der Waals surface area contributed by atoms with Crippen molar-refractivity contribution in [2.75, 3.05) is 13.7 Å². The number of fused-ring (bicyclic) bond motifs is 1. The molecule has 2 rings (SSSR count). The molecule has 1 aromatic rings. The maximum Gasteiger partial charge on any atom is 0.137 e. The molecule has 70 valence electrons. The summed E-state index contributed by atoms with van der Waals surface area (Å²) in [5.41, 5.74) is 0.892. The molecule has 0 saturated heterocycles. The molecule has 1 unspecified atom stereocenters. The lowest BCUT2D eigenvalue weighted by Gasteiger charge is -2.06. The molecule has 0 aliphatic carbocycles. The third-order valence-corrected chi connectivity index (χ3v) is 2.79. The molecule has 0 radical (unpaired) electrons. The third kappa shape index (κ3) is 1.44. The highest BCUT2D eigenvalue weighted by molar-refractivity contribution is 9.10. The van der Waals surface area contributed by atoms with E-state index in [1.165, 1.54) is 6.07 Å². The summed E-state index contributed by atoms with van der Waals surface area (Å²) in [6.07, 6.45) is 0. The number of hydrogen-bond acceptors (Lipinski definition) is 2. The van der Waals surface area contributed by atoms with Gasteiger partial charge >= 0.3 is 0 Å². The van der Waals surface area contributed by atoms with E-state index in [1.54, 1.807) is 6.07 Å². The van der Waals surface area contributed by atoms with E-state index in [0.717, 1.165) is 11.3 Å². The summed E-state index contributed by atoms with van der Waals surface area (Å²) in [5, 5.41) is 3.06. The van der Waals surface area contributed by atoms with E-state index in [9.17, 15) is 4.39 Å². The summed E-state index contributed by atoms with van der Waals surface area (Å²) in [6.45, 7) is 0.571. The number of ether oxygens (including phenoxy) is 1. The van der Waals surface area contributed by atoms with Gasteiger partial charge in [-0.3, -0.25) is 0 Å². The van der Waals surface area contributed by atoms with Gasteiger partial charge in [-0.25, -0.2) is 4.39 Å². The maximum absolute atomic E-state index is 13.2. The number of rotatable bonds is 1. The quantitative estimate of drug-likeness (QED) is 0.820. The molecule has 1 aliphatic heterocycles. The SMILES string of the molecule is CNC1COc2cc(Br)c(F)cc21. The summed E-state index contributed by atoms with van der Waals surface area (Å²) < 4.78 is 19.0. The molecule has 1 aromatic carbocycles. The zero-order valence-electron chi connectivity index (χ0n) is 7.10. The Morgan fingerprint density at radius 3 is 3.08 bits per heavy atom. The Morgan fingerprint density at radius 2 is 2.38 bits per heavy atom. The first-order valence-electron chi connectivity index (χ1n) is 4.01. The fourth-order valence-electron chi connectivity index (χ4n) is 1.44. The Morgan fingerprint density at radius 1 is 1.62 bits per heavy atom. The van der Waals surface area contributed by atoms with Crippen molar-refractivity contribution >= 4 is 15.9 Å². The van der Waals surface area contributed by atoms with E-state index in [0.29, 0.717) is 11.1 Å². The number of likely N-dealkylation sites (N-methyl/N-ethyl adjacent to an activating group) is 1. The molecular formula is C9H9BrFNO. The topological polar surface area (TPSA) is 21.3 Å². The Balaban J connectivity index is 2.47. The Labute approximate surface area is 84.2 Å². The molecule has 1 atom stereocenters. The molecule has 0 spiro atoms. The minimum atomic E-state index is -0.246. The highest BCUT2D eigenvalue weighted by Crippen LogP contribution is 2.35. The third-order valence-electron chi connectivity index (χ3n) is 2.18. The molecule has 1 N–H and O–H groups in total. The minimum absolute atomic E-state index is 0.109. The molecule has 0 bridgehead atoms. The van der Waals surface area contributed by atoms with Crippen LogP contribution in [0.3, 0.4) is 0 Å². The van der Waals surface area contributed by atoms with Crippen molar-refractivity contribution in [3.8, 4) is 5.75 Å². The molecular weight excluding hydrogens is 237 g/mol. The van der Waals surface area contributed by atoms with E-state index in [2.05, 4.69) is 21.2 Å². The van der Waals surface area contributed by atoms with Gasteiger partial charge in [-0.05, 0) is 35.1 Å². The van der Waals surface area contributed by atoms with Crippen LogP contribution in [0, 0.1) is 5.82 Å².